The number of pyridine rings is 1. The topological polar surface area (TPSA) is 42.4 Å². The zero-order valence-electron chi connectivity index (χ0n) is 13.7. The van der Waals surface area contributed by atoms with Gasteiger partial charge in [0.05, 0.1) is 5.56 Å². The number of carbonyl (C=O) groups excluding carboxylic acids is 1. The van der Waals surface area contributed by atoms with E-state index in [0.717, 1.165) is 12.1 Å². The third-order valence-corrected chi connectivity index (χ3v) is 4.22. The van der Waals surface area contributed by atoms with Gasteiger partial charge in [-0.1, -0.05) is 0 Å². The van der Waals surface area contributed by atoms with Crippen LogP contribution >= 0.6 is 0 Å². The molecule has 0 unspecified atom stereocenters. The van der Waals surface area contributed by atoms with Crippen molar-refractivity contribution in [1.82, 2.24) is 4.98 Å². The average molecular weight is 368 g/mol. The van der Waals surface area contributed by atoms with Crippen molar-refractivity contribution in [3.8, 4) is 5.75 Å². The SMILES string of the molecule is O=Cc1ccc(OC2CCN(c3ncccc3C(F)(F)F)CC2)c(F)c1. The molecule has 1 aromatic carbocycles. The van der Waals surface area contributed by atoms with E-state index in [4.69, 9.17) is 4.74 Å². The molecule has 4 nitrogen and oxygen atoms in total. The molecule has 0 spiro atoms. The lowest BCUT2D eigenvalue weighted by atomic mass is 10.1. The fourth-order valence-corrected chi connectivity index (χ4v) is 2.92. The van der Waals surface area contributed by atoms with Crippen LogP contribution in [0.4, 0.5) is 23.4 Å². The van der Waals surface area contributed by atoms with E-state index in [9.17, 15) is 22.4 Å². The number of anilines is 1. The second-order valence-electron chi connectivity index (χ2n) is 5.98. The molecule has 0 radical (unpaired) electrons. The van der Waals surface area contributed by atoms with Gasteiger partial charge in [-0.2, -0.15) is 13.2 Å². The highest BCUT2D eigenvalue weighted by molar-refractivity contribution is 5.75. The first kappa shape index (κ1) is 18.2. The molecule has 2 aromatic rings. The molecule has 138 valence electrons. The lowest BCUT2D eigenvalue weighted by Crippen LogP contribution is -2.39. The van der Waals surface area contributed by atoms with Crippen LogP contribution in [0, 0.1) is 5.82 Å². The molecule has 0 saturated carbocycles. The molecule has 0 bridgehead atoms. The lowest BCUT2D eigenvalue weighted by Gasteiger charge is -2.34. The molecule has 1 aliphatic heterocycles. The van der Waals surface area contributed by atoms with E-state index >= 15 is 0 Å². The zero-order valence-corrected chi connectivity index (χ0v) is 13.7. The Morgan fingerprint density at radius 1 is 1.19 bits per heavy atom. The molecule has 0 N–H and O–H groups in total. The average Bonchev–Trinajstić information content (AvgIpc) is 2.63. The summed E-state index contributed by atoms with van der Waals surface area (Å²) in [6.45, 7) is 0.637. The number of aldehydes is 1. The first-order chi connectivity index (χ1) is 12.4. The van der Waals surface area contributed by atoms with Gasteiger partial charge in [0.2, 0.25) is 0 Å². The second-order valence-corrected chi connectivity index (χ2v) is 5.98. The van der Waals surface area contributed by atoms with E-state index in [1.54, 1.807) is 4.90 Å². The maximum Gasteiger partial charge on any atom is 0.419 e. The minimum absolute atomic E-state index is 0.0304. The number of hydrogen-bond donors (Lipinski definition) is 0. The summed E-state index contributed by atoms with van der Waals surface area (Å²) in [4.78, 5) is 16.1. The molecule has 0 aliphatic carbocycles. The van der Waals surface area contributed by atoms with E-state index in [2.05, 4.69) is 4.98 Å². The quantitative estimate of drug-likeness (QED) is 0.602. The van der Waals surface area contributed by atoms with Gasteiger partial charge in [-0.15, -0.1) is 0 Å². The van der Waals surface area contributed by atoms with Gasteiger partial charge < -0.3 is 9.64 Å². The first-order valence-corrected chi connectivity index (χ1v) is 8.07. The minimum Gasteiger partial charge on any atom is -0.487 e. The van der Waals surface area contributed by atoms with Crippen LogP contribution in [-0.2, 0) is 6.18 Å². The fraction of sp³-hybridized carbons (Fsp3) is 0.333. The Hall–Kier alpha value is -2.64. The van der Waals surface area contributed by atoms with Crippen molar-refractivity contribution < 1.29 is 27.1 Å². The Bertz CT molecular complexity index is 787. The highest BCUT2D eigenvalue weighted by Crippen LogP contribution is 2.36. The van der Waals surface area contributed by atoms with Gasteiger partial charge in [0.1, 0.15) is 18.2 Å². The highest BCUT2D eigenvalue weighted by Gasteiger charge is 2.36. The summed E-state index contributed by atoms with van der Waals surface area (Å²) < 4.78 is 58.8. The van der Waals surface area contributed by atoms with E-state index in [0.29, 0.717) is 32.2 Å². The van der Waals surface area contributed by atoms with Gasteiger partial charge in [-0.25, -0.2) is 9.37 Å². The normalized spacial score (nSPS) is 15.8. The molecular weight excluding hydrogens is 352 g/mol. The Balaban J connectivity index is 1.66. The molecule has 1 aromatic heterocycles. The number of benzene rings is 1. The number of ether oxygens (including phenoxy) is 1. The lowest BCUT2D eigenvalue weighted by molar-refractivity contribution is -0.137. The molecule has 1 saturated heterocycles. The van der Waals surface area contributed by atoms with E-state index in [-0.39, 0.29) is 23.2 Å². The third kappa shape index (κ3) is 3.95. The predicted molar refractivity (Wildman–Crippen MR) is 86.9 cm³/mol. The van der Waals surface area contributed by atoms with Crippen LogP contribution < -0.4 is 9.64 Å². The van der Waals surface area contributed by atoms with E-state index in [1.807, 2.05) is 0 Å². The number of rotatable bonds is 4. The molecule has 1 aliphatic rings. The number of nitrogens with zero attached hydrogens (tertiary/aromatic N) is 2. The van der Waals surface area contributed by atoms with Crippen LogP contribution in [0.1, 0.15) is 28.8 Å². The summed E-state index contributed by atoms with van der Waals surface area (Å²) in [6, 6.07) is 6.18. The van der Waals surface area contributed by atoms with Gasteiger partial charge in [-0.3, -0.25) is 4.79 Å². The van der Waals surface area contributed by atoms with Crippen LogP contribution in [-0.4, -0.2) is 30.5 Å². The van der Waals surface area contributed by atoms with Gasteiger partial charge in [0, 0.05) is 37.7 Å². The van der Waals surface area contributed by atoms with Gasteiger partial charge in [0.15, 0.2) is 11.6 Å². The van der Waals surface area contributed by atoms with Gasteiger partial charge in [0.25, 0.3) is 0 Å². The largest absolute Gasteiger partial charge is 0.487 e. The smallest absolute Gasteiger partial charge is 0.419 e. The molecule has 8 heteroatoms. The maximum absolute atomic E-state index is 13.9. The van der Waals surface area contributed by atoms with Gasteiger partial charge in [-0.05, 0) is 30.3 Å². The summed E-state index contributed by atoms with van der Waals surface area (Å²) in [5.41, 5.74) is -0.561. The molecule has 0 atom stereocenters. The Kier molecular flexibility index (Phi) is 5.11. The van der Waals surface area contributed by atoms with Crippen LogP contribution in [0.15, 0.2) is 36.5 Å². The standard InChI is InChI=1S/C18H16F4N2O2/c19-15-10-12(11-25)3-4-16(15)26-13-5-8-24(9-6-13)17-14(18(20,21)22)2-1-7-23-17/h1-4,7,10-11,13H,5-6,8-9H2. The minimum atomic E-state index is -4.47. The van der Waals surface area contributed by atoms with Gasteiger partial charge >= 0.3 is 6.18 Å². The Morgan fingerprint density at radius 2 is 1.92 bits per heavy atom. The molecule has 2 heterocycles. The monoisotopic (exact) mass is 368 g/mol. The zero-order chi connectivity index (χ0) is 18.7. The molecule has 26 heavy (non-hydrogen) atoms. The van der Waals surface area contributed by atoms with E-state index in [1.165, 1.54) is 24.4 Å². The van der Waals surface area contributed by atoms with Crippen LogP contribution in [0.3, 0.4) is 0 Å². The number of carbonyl (C=O) groups is 1. The van der Waals surface area contributed by atoms with Crippen LogP contribution in [0.25, 0.3) is 0 Å². The third-order valence-electron chi connectivity index (χ3n) is 4.22. The van der Waals surface area contributed by atoms with Crippen molar-refractivity contribution >= 4 is 12.1 Å². The van der Waals surface area contributed by atoms with Crippen molar-refractivity contribution in [3.05, 3.63) is 53.5 Å². The van der Waals surface area contributed by atoms with Crippen molar-refractivity contribution in [2.24, 2.45) is 0 Å². The van der Waals surface area contributed by atoms with E-state index < -0.39 is 17.6 Å². The highest BCUT2D eigenvalue weighted by atomic mass is 19.4. The Morgan fingerprint density at radius 3 is 2.54 bits per heavy atom. The maximum atomic E-state index is 13.9. The molecule has 0 amide bonds. The fourth-order valence-electron chi connectivity index (χ4n) is 2.92. The number of alkyl halides is 3. The summed E-state index contributed by atoms with van der Waals surface area (Å²) >= 11 is 0. The molecule has 1 fully saturated rings. The first-order valence-electron chi connectivity index (χ1n) is 8.07. The predicted octanol–water partition coefficient (Wildman–Crippen LogP) is 4.10. The number of piperidine rings is 1. The summed E-state index contributed by atoms with van der Waals surface area (Å²) in [5.74, 6) is -0.705. The number of aromatic nitrogens is 1. The Labute approximate surface area is 147 Å². The number of hydrogen-bond acceptors (Lipinski definition) is 4. The van der Waals surface area contributed by atoms with Crippen molar-refractivity contribution in [2.45, 2.75) is 25.1 Å². The molecule has 3 rings (SSSR count). The van der Waals surface area contributed by atoms with Crippen LogP contribution in [0.2, 0.25) is 0 Å². The summed E-state index contributed by atoms with van der Waals surface area (Å²) in [5, 5.41) is 0. The summed E-state index contributed by atoms with van der Waals surface area (Å²) in [7, 11) is 0. The molecular formula is C18H16F4N2O2. The summed E-state index contributed by atoms with van der Waals surface area (Å²) in [6.07, 6.45) is -2.06. The van der Waals surface area contributed by atoms with Crippen molar-refractivity contribution in [2.75, 3.05) is 18.0 Å². The van der Waals surface area contributed by atoms with Crippen molar-refractivity contribution in [1.29, 1.82) is 0 Å². The van der Waals surface area contributed by atoms with Crippen molar-refractivity contribution in [3.63, 3.8) is 0 Å². The second kappa shape index (κ2) is 7.31. The number of halogens is 4. The van der Waals surface area contributed by atoms with Crippen LogP contribution in [0.5, 0.6) is 5.75 Å².